The van der Waals surface area contributed by atoms with Crippen molar-refractivity contribution < 1.29 is 4.79 Å². The molecule has 0 radical (unpaired) electrons. The fraction of sp³-hybridized carbons (Fsp3) is 0.500. The summed E-state index contributed by atoms with van der Waals surface area (Å²) in [6.07, 6.45) is 2.62. The minimum atomic E-state index is 0.209. The summed E-state index contributed by atoms with van der Waals surface area (Å²) in [5, 5.41) is 0. The van der Waals surface area contributed by atoms with Gasteiger partial charge in [0.1, 0.15) is 0 Å². The van der Waals surface area contributed by atoms with E-state index in [9.17, 15) is 4.79 Å². The minimum Gasteiger partial charge on any atom is -0.399 e. The summed E-state index contributed by atoms with van der Waals surface area (Å²) in [5.41, 5.74) is 7.59. The lowest BCUT2D eigenvalue weighted by Crippen LogP contribution is -2.36. The van der Waals surface area contributed by atoms with Gasteiger partial charge >= 0.3 is 0 Å². The number of nitrogens with zero attached hydrogens (tertiary/aromatic N) is 1. The molecule has 0 aliphatic rings. The Hall–Kier alpha value is -1.16. The van der Waals surface area contributed by atoms with Crippen molar-refractivity contribution in [2.24, 2.45) is 0 Å². The van der Waals surface area contributed by atoms with Crippen molar-refractivity contribution >= 4 is 23.4 Å². The zero-order chi connectivity index (χ0) is 13.5. The lowest BCUT2D eigenvalue weighted by Gasteiger charge is -2.27. The van der Waals surface area contributed by atoms with Gasteiger partial charge < -0.3 is 10.6 Å². The molecule has 0 heterocycles. The van der Waals surface area contributed by atoms with Gasteiger partial charge in [0.2, 0.25) is 5.91 Å². The Balaban J connectivity index is 2.71. The van der Waals surface area contributed by atoms with Gasteiger partial charge in [0.25, 0.3) is 0 Å². The highest BCUT2D eigenvalue weighted by molar-refractivity contribution is 7.98. The lowest BCUT2D eigenvalue weighted by molar-refractivity contribution is -0.133. The summed E-state index contributed by atoms with van der Waals surface area (Å²) in [4.78, 5) is 14.0. The number of benzene rings is 1. The van der Waals surface area contributed by atoms with Gasteiger partial charge in [-0.1, -0.05) is 12.1 Å². The number of anilines is 1. The first-order valence-electron chi connectivity index (χ1n) is 6.17. The van der Waals surface area contributed by atoms with Gasteiger partial charge in [-0.2, -0.15) is 11.8 Å². The molecule has 3 nitrogen and oxygen atoms in total. The third kappa shape index (κ3) is 4.61. The molecule has 100 valence electrons. The molecule has 0 atom stereocenters. The van der Waals surface area contributed by atoms with E-state index >= 15 is 0 Å². The molecule has 0 aliphatic carbocycles. The van der Waals surface area contributed by atoms with Crippen LogP contribution in [0.15, 0.2) is 24.3 Å². The molecule has 1 aromatic rings. The standard InChI is InChI=1S/C14H22N2OS/c1-11(2)16(14(17)7-8-18-3)10-12-5-4-6-13(15)9-12/h4-6,9,11H,7-8,10,15H2,1-3H3. The number of carbonyl (C=O) groups is 1. The van der Waals surface area contributed by atoms with Gasteiger partial charge in [-0.25, -0.2) is 0 Å². The molecular formula is C14H22N2OS. The molecule has 0 fully saturated rings. The summed E-state index contributed by atoms with van der Waals surface area (Å²) in [5.74, 6) is 1.08. The molecule has 1 amide bonds. The second kappa shape index (κ2) is 7.31. The summed E-state index contributed by atoms with van der Waals surface area (Å²) >= 11 is 1.70. The molecule has 0 aliphatic heterocycles. The third-order valence-corrected chi connectivity index (χ3v) is 3.38. The van der Waals surface area contributed by atoms with Crippen molar-refractivity contribution in [3.8, 4) is 0 Å². The van der Waals surface area contributed by atoms with E-state index in [1.54, 1.807) is 11.8 Å². The van der Waals surface area contributed by atoms with E-state index < -0.39 is 0 Å². The van der Waals surface area contributed by atoms with E-state index in [-0.39, 0.29) is 11.9 Å². The molecule has 1 rings (SSSR count). The first kappa shape index (κ1) is 14.9. The molecular weight excluding hydrogens is 244 g/mol. The number of thioether (sulfide) groups is 1. The summed E-state index contributed by atoms with van der Waals surface area (Å²) in [6.45, 7) is 4.72. The number of nitrogens with two attached hydrogens (primary N) is 1. The SMILES string of the molecule is CSCCC(=O)N(Cc1cccc(N)c1)C(C)C. The van der Waals surface area contributed by atoms with E-state index in [4.69, 9.17) is 5.73 Å². The van der Waals surface area contributed by atoms with Crippen LogP contribution in [0.4, 0.5) is 5.69 Å². The highest BCUT2D eigenvalue weighted by Crippen LogP contribution is 2.13. The van der Waals surface area contributed by atoms with Gasteiger partial charge in [0, 0.05) is 30.4 Å². The quantitative estimate of drug-likeness (QED) is 0.805. The van der Waals surface area contributed by atoms with Crippen LogP contribution in [0.5, 0.6) is 0 Å². The van der Waals surface area contributed by atoms with Gasteiger partial charge in [-0.3, -0.25) is 4.79 Å². The Bertz CT molecular complexity index is 393. The zero-order valence-electron chi connectivity index (χ0n) is 11.3. The predicted molar refractivity (Wildman–Crippen MR) is 79.5 cm³/mol. The molecule has 0 bridgehead atoms. The molecule has 0 spiro atoms. The lowest BCUT2D eigenvalue weighted by atomic mass is 10.1. The molecule has 0 saturated heterocycles. The zero-order valence-corrected chi connectivity index (χ0v) is 12.2. The number of nitrogen functional groups attached to an aromatic ring is 1. The van der Waals surface area contributed by atoms with Crippen molar-refractivity contribution in [1.29, 1.82) is 0 Å². The van der Waals surface area contributed by atoms with Gasteiger partial charge in [-0.05, 0) is 37.8 Å². The van der Waals surface area contributed by atoms with Crippen LogP contribution in [0, 0.1) is 0 Å². The molecule has 0 saturated carbocycles. The largest absolute Gasteiger partial charge is 0.399 e. The maximum atomic E-state index is 12.1. The number of rotatable bonds is 6. The molecule has 2 N–H and O–H groups in total. The van der Waals surface area contributed by atoms with Crippen LogP contribution >= 0.6 is 11.8 Å². The Kier molecular flexibility index (Phi) is 6.05. The first-order chi connectivity index (χ1) is 8.54. The molecule has 0 unspecified atom stereocenters. The topological polar surface area (TPSA) is 46.3 Å². The average molecular weight is 266 g/mol. The maximum Gasteiger partial charge on any atom is 0.223 e. The Labute approximate surface area is 114 Å². The normalized spacial score (nSPS) is 10.7. The minimum absolute atomic E-state index is 0.209. The Morgan fingerprint density at radius 1 is 1.44 bits per heavy atom. The highest BCUT2D eigenvalue weighted by atomic mass is 32.2. The summed E-state index contributed by atoms with van der Waals surface area (Å²) < 4.78 is 0. The van der Waals surface area contributed by atoms with Crippen molar-refractivity contribution in [2.45, 2.75) is 32.9 Å². The monoisotopic (exact) mass is 266 g/mol. The predicted octanol–water partition coefficient (Wildman–Crippen LogP) is 2.76. The van der Waals surface area contributed by atoms with Crippen LogP contribution in [0.1, 0.15) is 25.8 Å². The van der Waals surface area contributed by atoms with E-state index in [1.807, 2.05) is 49.3 Å². The summed E-state index contributed by atoms with van der Waals surface area (Å²) in [6, 6.07) is 7.93. The highest BCUT2D eigenvalue weighted by Gasteiger charge is 2.16. The van der Waals surface area contributed by atoms with Crippen LogP contribution in [0.25, 0.3) is 0 Å². The van der Waals surface area contributed by atoms with Gasteiger partial charge in [-0.15, -0.1) is 0 Å². The second-order valence-corrected chi connectivity index (χ2v) is 5.59. The van der Waals surface area contributed by atoms with Gasteiger partial charge in [0.15, 0.2) is 0 Å². The van der Waals surface area contributed by atoms with E-state index in [1.165, 1.54) is 0 Å². The van der Waals surface area contributed by atoms with Crippen LogP contribution in [0.3, 0.4) is 0 Å². The van der Waals surface area contributed by atoms with Gasteiger partial charge in [0.05, 0.1) is 0 Å². The fourth-order valence-corrected chi connectivity index (χ4v) is 2.16. The van der Waals surface area contributed by atoms with Crippen molar-refractivity contribution in [2.75, 3.05) is 17.7 Å². The fourth-order valence-electron chi connectivity index (χ4n) is 1.78. The van der Waals surface area contributed by atoms with Crippen LogP contribution in [-0.2, 0) is 11.3 Å². The Morgan fingerprint density at radius 3 is 2.72 bits per heavy atom. The van der Waals surface area contributed by atoms with Crippen molar-refractivity contribution in [1.82, 2.24) is 4.90 Å². The van der Waals surface area contributed by atoms with E-state index in [0.29, 0.717) is 13.0 Å². The molecule has 18 heavy (non-hydrogen) atoms. The second-order valence-electron chi connectivity index (χ2n) is 4.60. The number of carbonyl (C=O) groups excluding carboxylic acids is 1. The van der Waals surface area contributed by atoms with Crippen LogP contribution in [0.2, 0.25) is 0 Å². The number of amides is 1. The first-order valence-corrected chi connectivity index (χ1v) is 7.56. The number of hydrogen-bond acceptors (Lipinski definition) is 3. The van der Waals surface area contributed by atoms with E-state index in [2.05, 4.69) is 0 Å². The molecule has 4 heteroatoms. The summed E-state index contributed by atoms with van der Waals surface area (Å²) in [7, 11) is 0. The molecule has 0 aromatic heterocycles. The van der Waals surface area contributed by atoms with Crippen LogP contribution < -0.4 is 5.73 Å². The van der Waals surface area contributed by atoms with Crippen molar-refractivity contribution in [3.63, 3.8) is 0 Å². The van der Waals surface area contributed by atoms with Crippen molar-refractivity contribution in [3.05, 3.63) is 29.8 Å². The average Bonchev–Trinajstić information content (AvgIpc) is 2.32. The maximum absolute atomic E-state index is 12.1. The van der Waals surface area contributed by atoms with Crippen LogP contribution in [-0.4, -0.2) is 28.9 Å². The molecule has 1 aromatic carbocycles. The van der Waals surface area contributed by atoms with E-state index in [0.717, 1.165) is 17.0 Å². The third-order valence-electron chi connectivity index (χ3n) is 2.77. The number of hydrogen-bond donors (Lipinski definition) is 1. The Morgan fingerprint density at radius 2 is 2.17 bits per heavy atom. The smallest absolute Gasteiger partial charge is 0.223 e.